The first-order valence-electron chi connectivity index (χ1n) is 5.68. The molecule has 0 aromatic carbocycles. The van der Waals surface area contributed by atoms with Crippen LogP contribution in [0.4, 0.5) is 0 Å². The van der Waals surface area contributed by atoms with Crippen LogP contribution in [0.15, 0.2) is 0 Å². The molecule has 0 radical (unpaired) electrons. The Kier molecular flexibility index (Phi) is 2.86. The number of hydrogen-bond donors (Lipinski definition) is 1. The summed E-state index contributed by atoms with van der Waals surface area (Å²) in [5, 5.41) is 2.87. The average molecular weight is 220 g/mol. The van der Waals surface area contributed by atoms with Crippen molar-refractivity contribution in [2.45, 2.75) is 38.1 Å². The van der Waals surface area contributed by atoms with Crippen molar-refractivity contribution >= 4 is 11.8 Å². The molecule has 2 fully saturated rings. The molecule has 1 saturated heterocycles. The van der Waals surface area contributed by atoms with Crippen molar-refractivity contribution in [1.82, 2.24) is 10.2 Å². The maximum Gasteiger partial charge on any atom is 0.249 e. The van der Waals surface area contributed by atoms with E-state index in [0.29, 0.717) is 6.54 Å². The van der Waals surface area contributed by atoms with E-state index in [1.165, 1.54) is 0 Å². The summed E-state index contributed by atoms with van der Waals surface area (Å²) in [6.45, 7) is 2.25. The Hall–Kier alpha value is -1.50. The van der Waals surface area contributed by atoms with Crippen molar-refractivity contribution < 1.29 is 9.59 Å². The van der Waals surface area contributed by atoms with Gasteiger partial charge >= 0.3 is 0 Å². The summed E-state index contributed by atoms with van der Waals surface area (Å²) < 4.78 is 0. The highest BCUT2D eigenvalue weighted by atomic mass is 16.2. The number of piperazine rings is 1. The Morgan fingerprint density at radius 2 is 2.06 bits per heavy atom. The van der Waals surface area contributed by atoms with E-state index in [-0.39, 0.29) is 18.4 Å². The molecule has 2 rings (SSSR count). The zero-order valence-electron chi connectivity index (χ0n) is 9.51. The van der Waals surface area contributed by atoms with Crippen LogP contribution in [-0.2, 0) is 9.59 Å². The lowest BCUT2D eigenvalue weighted by atomic mass is 9.93. The minimum Gasteiger partial charge on any atom is -0.340 e. The van der Waals surface area contributed by atoms with Gasteiger partial charge in [-0.3, -0.25) is 9.59 Å². The van der Waals surface area contributed by atoms with Crippen LogP contribution >= 0.6 is 0 Å². The molecule has 1 spiro atoms. The lowest BCUT2D eigenvalue weighted by Crippen LogP contribution is -2.65. The molecule has 86 valence electrons. The first-order valence-corrected chi connectivity index (χ1v) is 5.68. The molecule has 1 aliphatic heterocycles. The Morgan fingerprint density at radius 1 is 1.38 bits per heavy atom. The Bertz CT molecular complexity index is 372. The zero-order chi connectivity index (χ0) is 11.6. The predicted octanol–water partition coefficient (Wildman–Crippen LogP) is 0.281. The molecule has 2 amide bonds. The first kappa shape index (κ1) is 11.0. The quantitative estimate of drug-likeness (QED) is 0.645. The number of amides is 2. The van der Waals surface area contributed by atoms with Crippen molar-refractivity contribution in [3.05, 3.63) is 0 Å². The molecule has 16 heavy (non-hydrogen) atoms. The van der Waals surface area contributed by atoms with Crippen LogP contribution in [0.5, 0.6) is 0 Å². The van der Waals surface area contributed by atoms with E-state index in [1.54, 1.807) is 11.8 Å². The van der Waals surface area contributed by atoms with E-state index in [1.807, 2.05) is 0 Å². The summed E-state index contributed by atoms with van der Waals surface area (Å²) in [5.41, 5.74) is -0.606. The van der Waals surface area contributed by atoms with Gasteiger partial charge in [0.25, 0.3) is 0 Å². The van der Waals surface area contributed by atoms with E-state index in [0.717, 1.165) is 25.7 Å². The first-order chi connectivity index (χ1) is 7.68. The number of carbonyl (C=O) groups is 2. The Morgan fingerprint density at radius 3 is 2.69 bits per heavy atom. The minimum atomic E-state index is -0.606. The van der Waals surface area contributed by atoms with Gasteiger partial charge < -0.3 is 10.2 Å². The van der Waals surface area contributed by atoms with Crippen LogP contribution in [-0.4, -0.2) is 35.3 Å². The van der Waals surface area contributed by atoms with Crippen LogP contribution in [0, 0.1) is 11.8 Å². The van der Waals surface area contributed by atoms with E-state index < -0.39 is 5.54 Å². The van der Waals surface area contributed by atoms with Gasteiger partial charge in [0, 0.05) is 0 Å². The fourth-order valence-electron chi connectivity index (χ4n) is 2.53. The number of nitrogens with one attached hydrogen (secondary N) is 1. The van der Waals surface area contributed by atoms with Gasteiger partial charge in [0.2, 0.25) is 11.8 Å². The second-order valence-electron chi connectivity index (χ2n) is 4.43. The highest BCUT2D eigenvalue weighted by Crippen LogP contribution is 2.33. The Balaban J connectivity index is 2.18. The monoisotopic (exact) mass is 220 g/mol. The maximum atomic E-state index is 12.2. The van der Waals surface area contributed by atoms with Gasteiger partial charge in [0.15, 0.2) is 0 Å². The number of nitrogens with zero attached hydrogens (tertiary/aromatic N) is 1. The molecule has 0 bridgehead atoms. The van der Waals surface area contributed by atoms with Gasteiger partial charge in [0.05, 0.1) is 6.54 Å². The summed E-state index contributed by atoms with van der Waals surface area (Å²) in [7, 11) is 0. The third-order valence-electron chi connectivity index (χ3n) is 3.31. The fraction of sp³-hybridized carbons (Fsp3) is 0.667. The lowest BCUT2D eigenvalue weighted by Gasteiger charge is -2.38. The van der Waals surface area contributed by atoms with Gasteiger partial charge in [-0.15, -0.1) is 5.92 Å². The predicted molar refractivity (Wildman–Crippen MR) is 59.4 cm³/mol. The van der Waals surface area contributed by atoms with Crippen LogP contribution in [0.1, 0.15) is 32.6 Å². The van der Waals surface area contributed by atoms with E-state index in [4.69, 9.17) is 0 Å². The van der Waals surface area contributed by atoms with Gasteiger partial charge in [-0.2, -0.15) is 0 Å². The second-order valence-corrected chi connectivity index (χ2v) is 4.43. The lowest BCUT2D eigenvalue weighted by molar-refractivity contribution is -0.149. The van der Waals surface area contributed by atoms with Gasteiger partial charge in [0.1, 0.15) is 12.1 Å². The fourth-order valence-corrected chi connectivity index (χ4v) is 2.53. The number of rotatable bonds is 1. The van der Waals surface area contributed by atoms with Crippen LogP contribution in [0.25, 0.3) is 0 Å². The van der Waals surface area contributed by atoms with Gasteiger partial charge in [-0.05, 0) is 19.8 Å². The molecule has 0 atom stereocenters. The molecular formula is C12H16N2O2. The van der Waals surface area contributed by atoms with Crippen molar-refractivity contribution in [2.75, 3.05) is 13.1 Å². The van der Waals surface area contributed by atoms with E-state index >= 15 is 0 Å². The molecule has 4 nitrogen and oxygen atoms in total. The molecule has 1 aliphatic carbocycles. The van der Waals surface area contributed by atoms with Crippen molar-refractivity contribution in [3.63, 3.8) is 0 Å². The summed E-state index contributed by atoms with van der Waals surface area (Å²) >= 11 is 0. The number of carbonyl (C=O) groups excluding carboxylic acids is 2. The third kappa shape index (κ3) is 1.78. The van der Waals surface area contributed by atoms with E-state index in [2.05, 4.69) is 17.2 Å². The van der Waals surface area contributed by atoms with Crippen LogP contribution in [0.3, 0.4) is 0 Å². The maximum absolute atomic E-state index is 12.2. The SMILES string of the molecule is CC#CCN1CC(=O)NC2(CCCC2)C1=O. The third-order valence-corrected chi connectivity index (χ3v) is 3.31. The Labute approximate surface area is 95.4 Å². The molecular weight excluding hydrogens is 204 g/mol. The average Bonchev–Trinajstić information content (AvgIpc) is 2.71. The molecule has 4 heteroatoms. The molecule has 0 unspecified atom stereocenters. The van der Waals surface area contributed by atoms with Crippen LogP contribution < -0.4 is 5.32 Å². The molecule has 1 N–H and O–H groups in total. The normalized spacial score (nSPS) is 22.9. The van der Waals surface area contributed by atoms with Crippen molar-refractivity contribution in [1.29, 1.82) is 0 Å². The summed E-state index contributed by atoms with van der Waals surface area (Å²) in [6, 6.07) is 0. The second kappa shape index (κ2) is 4.17. The molecule has 0 aromatic rings. The standard InChI is InChI=1S/C12H16N2O2/c1-2-3-8-14-9-10(15)13-12(11(14)16)6-4-5-7-12/h4-9H2,1H3,(H,13,15). The summed E-state index contributed by atoms with van der Waals surface area (Å²) in [5.74, 6) is 5.60. The summed E-state index contributed by atoms with van der Waals surface area (Å²) in [4.78, 5) is 25.4. The molecule has 1 heterocycles. The smallest absolute Gasteiger partial charge is 0.249 e. The highest BCUT2D eigenvalue weighted by molar-refractivity contribution is 5.98. The van der Waals surface area contributed by atoms with E-state index in [9.17, 15) is 9.59 Å². The summed E-state index contributed by atoms with van der Waals surface area (Å²) in [6.07, 6.45) is 3.57. The number of hydrogen-bond acceptors (Lipinski definition) is 2. The van der Waals surface area contributed by atoms with Crippen molar-refractivity contribution in [2.24, 2.45) is 0 Å². The van der Waals surface area contributed by atoms with Gasteiger partial charge in [-0.25, -0.2) is 0 Å². The van der Waals surface area contributed by atoms with Crippen LogP contribution in [0.2, 0.25) is 0 Å². The molecule has 0 aromatic heterocycles. The molecule has 2 aliphatic rings. The largest absolute Gasteiger partial charge is 0.340 e. The minimum absolute atomic E-state index is 0.0485. The molecule has 1 saturated carbocycles. The highest BCUT2D eigenvalue weighted by Gasteiger charge is 2.47. The van der Waals surface area contributed by atoms with Gasteiger partial charge in [-0.1, -0.05) is 18.8 Å². The zero-order valence-corrected chi connectivity index (χ0v) is 9.51. The van der Waals surface area contributed by atoms with Crippen molar-refractivity contribution in [3.8, 4) is 11.8 Å². The topological polar surface area (TPSA) is 49.4 Å².